The number of rotatable bonds is 13. The summed E-state index contributed by atoms with van der Waals surface area (Å²) in [6, 6.07) is 3.63. The molecule has 0 bridgehead atoms. The number of benzene rings is 1. The zero-order chi connectivity index (χ0) is 17.6. The minimum absolute atomic E-state index is 0.417. The molecule has 5 heteroatoms. The highest BCUT2D eigenvalue weighted by Gasteiger charge is 2.20. The van der Waals surface area contributed by atoms with Gasteiger partial charge in [0.2, 0.25) is 11.1 Å². The summed E-state index contributed by atoms with van der Waals surface area (Å²) >= 11 is 1.61. The van der Waals surface area contributed by atoms with E-state index >= 15 is 0 Å². The fraction of sp³-hybridized carbons (Fsp3) is 0.684. The maximum atomic E-state index is 9.15. The van der Waals surface area contributed by atoms with E-state index in [9.17, 15) is 0 Å². The first kappa shape index (κ1) is 20.6. The Bertz CT molecular complexity index is 515. The molecule has 24 heavy (non-hydrogen) atoms. The molecule has 0 aliphatic rings. The molecule has 134 valence electrons. The Morgan fingerprint density at radius 3 is 2.17 bits per heavy atom. The standard InChI is InChI=1S/C19H31N2O2S/c1-4-6-7-8-9-10-11-12-13-23-18-14-16(21-20)17(22-5-2)15-19(18)24-3/h14-15H,4-13H2,1-3H3/q+1. The highest BCUT2D eigenvalue weighted by atomic mass is 32.2. The van der Waals surface area contributed by atoms with Gasteiger partial charge in [-0.05, 0) is 19.6 Å². The van der Waals surface area contributed by atoms with Crippen molar-refractivity contribution >= 4 is 17.4 Å². The summed E-state index contributed by atoms with van der Waals surface area (Å²) in [5.41, 5.74) is 0.417. The quantitative estimate of drug-likeness (QED) is 0.222. The van der Waals surface area contributed by atoms with Crippen molar-refractivity contribution in [3.63, 3.8) is 0 Å². The van der Waals surface area contributed by atoms with Gasteiger partial charge in [0, 0.05) is 6.07 Å². The SMILES string of the molecule is CCCCCCCCCCOc1cc([N+]#N)c(OCC)cc1SC. The maximum absolute atomic E-state index is 9.15. The third kappa shape index (κ3) is 7.44. The average Bonchev–Trinajstić information content (AvgIpc) is 2.61. The van der Waals surface area contributed by atoms with Gasteiger partial charge in [-0.2, -0.15) is 0 Å². The first-order valence-electron chi connectivity index (χ1n) is 9.09. The number of diazo groups is 1. The first-order valence-corrected chi connectivity index (χ1v) is 10.3. The molecule has 0 atom stereocenters. The second-order valence-corrected chi connectivity index (χ2v) is 6.68. The van der Waals surface area contributed by atoms with Crippen molar-refractivity contribution in [3.8, 4) is 11.5 Å². The Balaban J connectivity index is 2.40. The van der Waals surface area contributed by atoms with Crippen LogP contribution < -0.4 is 9.47 Å². The van der Waals surface area contributed by atoms with Crippen LogP contribution in [0.3, 0.4) is 0 Å². The van der Waals surface area contributed by atoms with Crippen molar-refractivity contribution < 1.29 is 9.47 Å². The van der Waals surface area contributed by atoms with Crippen molar-refractivity contribution in [1.29, 1.82) is 5.39 Å². The third-order valence-corrected chi connectivity index (χ3v) is 4.67. The fourth-order valence-electron chi connectivity index (χ4n) is 2.57. The van der Waals surface area contributed by atoms with E-state index in [1.807, 2.05) is 19.2 Å². The van der Waals surface area contributed by atoms with Crippen LogP contribution in [0.2, 0.25) is 0 Å². The van der Waals surface area contributed by atoms with Crippen LogP contribution >= 0.6 is 11.8 Å². The van der Waals surface area contributed by atoms with Crippen molar-refractivity contribution in [1.82, 2.24) is 0 Å². The van der Waals surface area contributed by atoms with Gasteiger partial charge in [-0.25, -0.2) is 0 Å². The second-order valence-electron chi connectivity index (χ2n) is 5.83. The molecule has 1 aromatic rings. The number of thioether (sulfide) groups is 1. The predicted molar refractivity (Wildman–Crippen MR) is 102 cm³/mol. The highest BCUT2D eigenvalue weighted by molar-refractivity contribution is 7.98. The Kier molecular flexibility index (Phi) is 11.1. The lowest BCUT2D eigenvalue weighted by molar-refractivity contribution is 0.295. The smallest absolute Gasteiger partial charge is 0.430 e. The molecule has 0 spiro atoms. The van der Waals surface area contributed by atoms with E-state index in [2.05, 4.69) is 11.9 Å². The molecule has 4 nitrogen and oxygen atoms in total. The summed E-state index contributed by atoms with van der Waals surface area (Å²) in [5, 5.41) is 9.15. The molecule has 1 aromatic carbocycles. The van der Waals surface area contributed by atoms with E-state index < -0.39 is 0 Å². The van der Waals surface area contributed by atoms with E-state index in [0.29, 0.717) is 24.7 Å². The summed E-state index contributed by atoms with van der Waals surface area (Å²) in [6.45, 7) is 5.39. The van der Waals surface area contributed by atoms with Crippen molar-refractivity contribution in [2.24, 2.45) is 0 Å². The molecule has 0 aliphatic carbocycles. The van der Waals surface area contributed by atoms with E-state index in [-0.39, 0.29) is 0 Å². The molecule has 0 heterocycles. The number of ether oxygens (including phenoxy) is 2. The summed E-state index contributed by atoms with van der Waals surface area (Å²) in [4.78, 5) is 4.31. The van der Waals surface area contributed by atoms with Gasteiger partial charge >= 0.3 is 5.69 Å². The molecule has 0 saturated carbocycles. The largest absolute Gasteiger partial charge is 0.492 e. The molecule has 0 radical (unpaired) electrons. The fourth-order valence-corrected chi connectivity index (χ4v) is 3.11. The van der Waals surface area contributed by atoms with Crippen LogP contribution in [0.4, 0.5) is 5.69 Å². The van der Waals surface area contributed by atoms with Gasteiger partial charge in [-0.15, -0.1) is 11.8 Å². The van der Waals surface area contributed by atoms with E-state index in [4.69, 9.17) is 14.9 Å². The lowest BCUT2D eigenvalue weighted by Gasteiger charge is -2.10. The molecule has 1 rings (SSSR count). The zero-order valence-electron chi connectivity index (χ0n) is 15.3. The van der Waals surface area contributed by atoms with Crippen LogP contribution in [0.5, 0.6) is 11.5 Å². The molecular weight excluding hydrogens is 320 g/mol. The van der Waals surface area contributed by atoms with E-state index in [1.165, 1.54) is 44.9 Å². The topological polar surface area (TPSA) is 46.6 Å². The van der Waals surface area contributed by atoms with Gasteiger partial charge in [0.25, 0.3) is 0 Å². The molecule has 0 amide bonds. The monoisotopic (exact) mass is 351 g/mol. The lowest BCUT2D eigenvalue weighted by Crippen LogP contribution is -1.99. The Hall–Kier alpha value is -1.41. The van der Waals surface area contributed by atoms with Gasteiger partial charge in [0.1, 0.15) is 5.75 Å². The molecular formula is C19H31N2O2S+. The van der Waals surface area contributed by atoms with Crippen LogP contribution in [0.15, 0.2) is 17.0 Å². The van der Waals surface area contributed by atoms with Crippen LogP contribution in [0.25, 0.3) is 4.98 Å². The molecule has 0 unspecified atom stereocenters. The highest BCUT2D eigenvalue weighted by Crippen LogP contribution is 2.39. The minimum Gasteiger partial charge on any atom is -0.492 e. The number of hydrogen-bond acceptors (Lipinski definition) is 4. The number of unbranched alkanes of at least 4 members (excludes halogenated alkanes) is 7. The number of hydrogen-bond donors (Lipinski definition) is 0. The van der Waals surface area contributed by atoms with Crippen molar-refractivity contribution in [3.05, 3.63) is 17.1 Å². The van der Waals surface area contributed by atoms with E-state index in [0.717, 1.165) is 17.1 Å². The second kappa shape index (κ2) is 12.9. The Morgan fingerprint density at radius 1 is 0.917 bits per heavy atom. The minimum atomic E-state index is 0.417. The van der Waals surface area contributed by atoms with Crippen LogP contribution in [-0.4, -0.2) is 19.5 Å². The predicted octanol–water partition coefficient (Wildman–Crippen LogP) is 6.81. The van der Waals surface area contributed by atoms with Gasteiger partial charge in [0.05, 0.1) is 24.2 Å². The number of nitrogens with zero attached hydrogens (tertiary/aromatic N) is 2. The maximum Gasteiger partial charge on any atom is 0.430 e. The molecule has 0 saturated heterocycles. The summed E-state index contributed by atoms with van der Waals surface area (Å²) in [7, 11) is 0. The molecule has 0 aromatic heterocycles. The first-order chi connectivity index (χ1) is 11.8. The van der Waals surface area contributed by atoms with Crippen LogP contribution in [0.1, 0.15) is 65.2 Å². The van der Waals surface area contributed by atoms with Crippen LogP contribution in [0, 0.1) is 5.39 Å². The van der Waals surface area contributed by atoms with Crippen LogP contribution in [-0.2, 0) is 0 Å². The average molecular weight is 352 g/mol. The lowest BCUT2D eigenvalue weighted by atomic mass is 10.1. The zero-order valence-corrected chi connectivity index (χ0v) is 16.2. The molecule has 0 aliphatic heterocycles. The van der Waals surface area contributed by atoms with E-state index in [1.54, 1.807) is 17.8 Å². The summed E-state index contributed by atoms with van der Waals surface area (Å²) in [6.07, 6.45) is 12.2. The van der Waals surface area contributed by atoms with Gasteiger partial charge in [0.15, 0.2) is 4.98 Å². The normalized spacial score (nSPS) is 10.4. The van der Waals surface area contributed by atoms with Gasteiger partial charge in [-0.1, -0.05) is 51.9 Å². The summed E-state index contributed by atoms with van der Waals surface area (Å²) < 4.78 is 11.4. The molecule has 0 fully saturated rings. The van der Waals surface area contributed by atoms with Gasteiger partial charge in [-0.3, -0.25) is 0 Å². The third-order valence-electron chi connectivity index (χ3n) is 3.91. The Labute approximate surface area is 150 Å². The van der Waals surface area contributed by atoms with Gasteiger partial charge < -0.3 is 9.47 Å². The van der Waals surface area contributed by atoms with Crippen molar-refractivity contribution in [2.75, 3.05) is 19.5 Å². The van der Waals surface area contributed by atoms with Crippen molar-refractivity contribution in [2.45, 2.75) is 70.1 Å². The molecule has 0 N–H and O–H groups in total. The summed E-state index contributed by atoms with van der Waals surface area (Å²) in [5.74, 6) is 1.35. The Morgan fingerprint density at radius 2 is 1.58 bits per heavy atom.